The lowest BCUT2D eigenvalue weighted by molar-refractivity contribution is -0.108. The van der Waals surface area contributed by atoms with Crippen molar-refractivity contribution in [2.75, 3.05) is 26.2 Å². The molecule has 0 bridgehead atoms. The molecule has 2 aliphatic rings. The van der Waals surface area contributed by atoms with Crippen molar-refractivity contribution in [2.45, 2.75) is 45.2 Å². The number of nitrogens with one attached hydrogen (secondary N) is 1. The average molecular weight is 393 g/mol. The third-order valence-electron chi connectivity index (χ3n) is 6.52. The number of fused-ring (bicyclic) bond motifs is 1. The van der Waals surface area contributed by atoms with E-state index in [0.29, 0.717) is 18.3 Å². The number of ether oxygens (including phenoxy) is 1. The Hall–Kier alpha value is -2.17. The maximum Gasteiger partial charge on any atom is 0.123 e. The van der Waals surface area contributed by atoms with Crippen molar-refractivity contribution in [2.24, 2.45) is 5.92 Å². The second kappa shape index (κ2) is 9.55. The minimum absolute atomic E-state index is 0.460. The number of nitrogens with zero attached hydrogens (tertiary/aromatic N) is 1. The van der Waals surface area contributed by atoms with Crippen molar-refractivity contribution in [3.63, 3.8) is 0 Å². The molecule has 0 radical (unpaired) electrons. The molecular formula is C25H32N2O2. The van der Waals surface area contributed by atoms with E-state index in [1.54, 1.807) is 0 Å². The van der Waals surface area contributed by atoms with Gasteiger partial charge in [-0.15, -0.1) is 0 Å². The monoisotopic (exact) mass is 392 g/mol. The van der Waals surface area contributed by atoms with Gasteiger partial charge in [-0.2, -0.15) is 0 Å². The average Bonchev–Trinajstić information content (AvgIpc) is 2.99. The molecule has 2 aromatic carbocycles. The first-order chi connectivity index (χ1) is 14.2. The number of hydrogen-bond donors (Lipinski definition) is 1. The summed E-state index contributed by atoms with van der Waals surface area (Å²) in [4.78, 5) is 13.6. The zero-order chi connectivity index (χ0) is 20.1. The normalized spacial score (nSPS) is 22.4. The SMILES string of the molecule is Cc1ccccc1CN1CCC(CCC=O)C(c2ccc3c(c2)CNCCO3)C1. The van der Waals surface area contributed by atoms with Crippen LogP contribution in [0, 0.1) is 12.8 Å². The number of carbonyl (C=O) groups excluding carboxylic acids is 1. The molecule has 2 heterocycles. The largest absolute Gasteiger partial charge is 0.492 e. The van der Waals surface area contributed by atoms with Gasteiger partial charge in [0.25, 0.3) is 0 Å². The van der Waals surface area contributed by atoms with Gasteiger partial charge in [0.05, 0.1) is 0 Å². The first-order valence-corrected chi connectivity index (χ1v) is 10.9. The van der Waals surface area contributed by atoms with E-state index in [1.165, 1.54) is 22.3 Å². The summed E-state index contributed by atoms with van der Waals surface area (Å²) in [6, 6.07) is 15.4. The van der Waals surface area contributed by atoms with Gasteiger partial charge < -0.3 is 14.8 Å². The van der Waals surface area contributed by atoms with Crippen LogP contribution in [0.3, 0.4) is 0 Å². The van der Waals surface area contributed by atoms with E-state index in [9.17, 15) is 4.79 Å². The molecule has 154 valence electrons. The molecule has 0 aromatic heterocycles. The number of rotatable bonds is 6. The number of benzene rings is 2. The number of likely N-dealkylation sites (tertiary alicyclic amines) is 1. The van der Waals surface area contributed by atoms with Crippen molar-refractivity contribution < 1.29 is 9.53 Å². The molecule has 1 N–H and O–H groups in total. The lowest BCUT2D eigenvalue weighted by Crippen LogP contribution is -2.39. The van der Waals surface area contributed by atoms with E-state index in [0.717, 1.165) is 64.2 Å². The highest BCUT2D eigenvalue weighted by molar-refractivity contribution is 5.49. The molecule has 4 heteroatoms. The Morgan fingerprint density at radius 1 is 1.24 bits per heavy atom. The van der Waals surface area contributed by atoms with Gasteiger partial charge in [0.1, 0.15) is 18.6 Å². The van der Waals surface area contributed by atoms with E-state index in [4.69, 9.17) is 4.74 Å². The summed E-state index contributed by atoms with van der Waals surface area (Å²) < 4.78 is 5.88. The summed E-state index contributed by atoms with van der Waals surface area (Å²) in [6.45, 7) is 7.82. The molecule has 2 aromatic rings. The zero-order valence-electron chi connectivity index (χ0n) is 17.4. The van der Waals surface area contributed by atoms with Crippen molar-refractivity contribution in [1.29, 1.82) is 0 Å². The Morgan fingerprint density at radius 2 is 2.14 bits per heavy atom. The minimum atomic E-state index is 0.460. The number of hydrogen-bond acceptors (Lipinski definition) is 4. The number of piperidine rings is 1. The van der Waals surface area contributed by atoms with Crippen LogP contribution in [-0.4, -0.2) is 37.4 Å². The van der Waals surface area contributed by atoms with Crippen LogP contribution in [0.4, 0.5) is 0 Å². The van der Waals surface area contributed by atoms with Gasteiger partial charge >= 0.3 is 0 Å². The Balaban J connectivity index is 1.55. The Morgan fingerprint density at radius 3 is 3.00 bits per heavy atom. The number of aryl methyl sites for hydroxylation is 1. The minimum Gasteiger partial charge on any atom is -0.492 e. The van der Waals surface area contributed by atoms with E-state index >= 15 is 0 Å². The van der Waals surface area contributed by atoms with Crippen molar-refractivity contribution in [1.82, 2.24) is 10.2 Å². The van der Waals surface area contributed by atoms with Crippen LogP contribution in [0.2, 0.25) is 0 Å². The smallest absolute Gasteiger partial charge is 0.123 e. The van der Waals surface area contributed by atoms with Crippen LogP contribution in [0.25, 0.3) is 0 Å². The first-order valence-electron chi connectivity index (χ1n) is 10.9. The van der Waals surface area contributed by atoms with E-state index in [1.807, 2.05) is 0 Å². The van der Waals surface area contributed by atoms with Gasteiger partial charge in [0.2, 0.25) is 0 Å². The van der Waals surface area contributed by atoms with Crippen molar-refractivity contribution >= 4 is 6.29 Å². The van der Waals surface area contributed by atoms with Crippen LogP contribution in [0.1, 0.15) is 47.4 Å². The summed E-state index contributed by atoms with van der Waals surface area (Å²) in [5, 5.41) is 3.45. The van der Waals surface area contributed by atoms with Crippen LogP contribution in [0.15, 0.2) is 42.5 Å². The fraction of sp³-hybridized carbons (Fsp3) is 0.480. The molecule has 29 heavy (non-hydrogen) atoms. The predicted molar refractivity (Wildman–Crippen MR) is 116 cm³/mol. The van der Waals surface area contributed by atoms with Crippen molar-refractivity contribution in [3.05, 3.63) is 64.7 Å². The van der Waals surface area contributed by atoms with Crippen molar-refractivity contribution in [3.8, 4) is 5.75 Å². The topological polar surface area (TPSA) is 41.6 Å². The molecule has 0 saturated carbocycles. The fourth-order valence-corrected chi connectivity index (χ4v) is 4.81. The lowest BCUT2D eigenvalue weighted by Gasteiger charge is -2.39. The summed E-state index contributed by atoms with van der Waals surface area (Å²) in [5.74, 6) is 2.03. The quantitative estimate of drug-likeness (QED) is 0.753. The maximum absolute atomic E-state index is 11.0. The van der Waals surface area contributed by atoms with Gasteiger partial charge in [-0.3, -0.25) is 4.90 Å². The predicted octanol–water partition coefficient (Wildman–Crippen LogP) is 4.06. The fourth-order valence-electron chi connectivity index (χ4n) is 4.81. The molecule has 4 nitrogen and oxygen atoms in total. The lowest BCUT2D eigenvalue weighted by atomic mass is 9.77. The van der Waals surface area contributed by atoms with Crippen LogP contribution in [-0.2, 0) is 17.9 Å². The van der Waals surface area contributed by atoms with E-state index < -0.39 is 0 Å². The maximum atomic E-state index is 11.0. The molecule has 1 fully saturated rings. The first kappa shape index (κ1) is 20.1. The molecule has 2 aliphatic heterocycles. The standard InChI is InChI=1S/C25H32N2O2/c1-19-5-2-3-6-22(19)17-27-12-10-20(7-4-13-28)24(18-27)21-8-9-25-23(15-21)16-26-11-14-29-25/h2-3,5-6,8-9,13,15,20,24,26H,4,7,10-12,14,16-18H2,1H3. The summed E-state index contributed by atoms with van der Waals surface area (Å²) in [7, 11) is 0. The molecule has 2 unspecified atom stereocenters. The molecular weight excluding hydrogens is 360 g/mol. The van der Waals surface area contributed by atoms with Gasteiger partial charge in [0, 0.05) is 38.2 Å². The zero-order valence-corrected chi connectivity index (χ0v) is 17.4. The number of aldehydes is 1. The highest BCUT2D eigenvalue weighted by atomic mass is 16.5. The van der Waals surface area contributed by atoms with Crippen LogP contribution < -0.4 is 10.1 Å². The molecule has 0 amide bonds. The Kier molecular flexibility index (Phi) is 6.63. The second-order valence-electron chi connectivity index (χ2n) is 8.45. The van der Waals surface area contributed by atoms with E-state index in [2.05, 4.69) is 59.6 Å². The Bertz CT molecular complexity index is 835. The molecule has 0 aliphatic carbocycles. The number of carbonyl (C=O) groups is 1. The third-order valence-corrected chi connectivity index (χ3v) is 6.52. The van der Waals surface area contributed by atoms with Gasteiger partial charge in [-0.25, -0.2) is 0 Å². The van der Waals surface area contributed by atoms with Crippen LogP contribution >= 0.6 is 0 Å². The molecule has 4 rings (SSSR count). The Labute approximate surface area is 174 Å². The molecule has 1 saturated heterocycles. The molecule has 2 atom stereocenters. The third kappa shape index (κ3) is 4.88. The van der Waals surface area contributed by atoms with E-state index in [-0.39, 0.29) is 0 Å². The molecule has 0 spiro atoms. The van der Waals surface area contributed by atoms with Gasteiger partial charge in [-0.1, -0.05) is 36.4 Å². The van der Waals surface area contributed by atoms with Gasteiger partial charge in [0.15, 0.2) is 0 Å². The summed E-state index contributed by atoms with van der Waals surface area (Å²) >= 11 is 0. The highest BCUT2D eigenvalue weighted by Gasteiger charge is 2.30. The van der Waals surface area contributed by atoms with Gasteiger partial charge in [-0.05, 0) is 60.9 Å². The summed E-state index contributed by atoms with van der Waals surface area (Å²) in [5.41, 5.74) is 5.42. The second-order valence-corrected chi connectivity index (χ2v) is 8.45. The highest BCUT2D eigenvalue weighted by Crippen LogP contribution is 2.37. The summed E-state index contributed by atoms with van der Waals surface area (Å²) in [6.07, 6.45) is 3.87. The van der Waals surface area contributed by atoms with Crippen LogP contribution in [0.5, 0.6) is 5.75 Å².